The number of thioether (sulfide) groups is 1. The first-order valence-corrected chi connectivity index (χ1v) is 20.5. The predicted molar refractivity (Wildman–Crippen MR) is 213 cm³/mol. The smallest absolute Gasteiger partial charge is 0.356 e. The molecule has 7 nitrogen and oxygen atoms in total. The van der Waals surface area contributed by atoms with E-state index in [0.29, 0.717) is 11.3 Å². The van der Waals surface area contributed by atoms with Gasteiger partial charge >= 0.3 is 11.9 Å². The lowest BCUT2D eigenvalue weighted by Crippen LogP contribution is -2.65. The number of hydrogen-bond donors (Lipinski definition) is 1. The summed E-state index contributed by atoms with van der Waals surface area (Å²) in [4.78, 5) is 44.1. The van der Waals surface area contributed by atoms with Crippen molar-refractivity contribution in [1.29, 1.82) is 0 Å². The van der Waals surface area contributed by atoms with Gasteiger partial charge in [-0.2, -0.15) is 0 Å². The van der Waals surface area contributed by atoms with Crippen molar-refractivity contribution in [3.05, 3.63) is 174 Å². The molecule has 1 amide bonds. The Bertz CT molecular complexity index is 1970. The molecule has 2 N–H and O–H groups in total. The number of amides is 1. The molecule has 0 saturated carbocycles. The standard InChI is InChI=1S/C44H42N2O5PS/c1-44(2,3)51-42(48)36-40(47)46-37(43(49)50-38(30-19-9-4-10-20-30)31-21-11-5-12-22-31)35(29-53-41(36)46)39(45)52(32-23-13-6-14-24-32,33-25-15-7-16-26-33)34-27-17-8-18-28-34/h4-28,36,38-39,41H,29,45H2,1-3H3/q+1. The molecule has 1 fully saturated rings. The summed E-state index contributed by atoms with van der Waals surface area (Å²) in [5.74, 6) is -3.30. The van der Waals surface area contributed by atoms with Crippen molar-refractivity contribution in [1.82, 2.24) is 4.90 Å². The number of carbonyl (C=O) groups excluding carboxylic acids is 3. The topological polar surface area (TPSA) is 98.9 Å². The molecule has 0 aliphatic carbocycles. The minimum absolute atomic E-state index is 0.0927. The second kappa shape index (κ2) is 15.2. The zero-order valence-electron chi connectivity index (χ0n) is 29.9. The molecule has 3 unspecified atom stereocenters. The fourth-order valence-electron chi connectivity index (χ4n) is 7.21. The third-order valence-corrected chi connectivity index (χ3v) is 15.3. The average molecular weight is 742 g/mol. The van der Waals surface area contributed by atoms with Crippen LogP contribution in [0.15, 0.2) is 163 Å². The van der Waals surface area contributed by atoms with Gasteiger partial charge < -0.3 is 9.47 Å². The second-order valence-corrected chi connectivity index (χ2v) is 18.7. The molecule has 2 aliphatic rings. The van der Waals surface area contributed by atoms with Crippen molar-refractivity contribution in [2.75, 3.05) is 5.75 Å². The summed E-state index contributed by atoms with van der Waals surface area (Å²) in [5.41, 5.74) is 9.16. The molecule has 0 aromatic heterocycles. The highest BCUT2D eigenvalue weighted by atomic mass is 32.2. The number of rotatable bonds is 10. The molecular formula is C44H42N2O5PS+. The first kappa shape index (κ1) is 36.4. The van der Waals surface area contributed by atoms with Crippen LogP contribution in [-0.2, 0) is 23.9 Å². The summed E-state index contributed by atoms with van der Waals surface area (Å²) in [5, 5.41) is 2.45. The van der Waals surface area contributed by atoms with E-state index in [-0.39, 0.29) is 5.70 Å². The Morgan fingerprint density at radius 3 is 1.55 bits per heavy atom. The van der Waals surface area contributed by atoms with Gasteiger partial charge in [0.2, 0.25) is 5.91 Å². The Morgan fingerprint density at radius 1 is 0.717 bits per heavy atom. The third kappa shape index (κ3) is 6.95. The van der Waals surface area contributed by atoms with Crippen molar-refractivity contribution in [3.63, 3.8) is 0 Å². The molecule has 3 atom stereocenters. The highest BCUT2D eigenvalue weighted by molar-refractivity contribution is 8.00. The Morgan fingerprint density at radius 2 is 1.13 bits per heavy atom. The molecule has 268 valence electrons. The van der Waals surface area contributed by atoms with Crippen molar-refractivity contribution in [3.8, 4) is 0 Å². The minimum atomic E-state index is -2.78. The van der Waals surface area contributed by atoms with E-state index in [1.807, 2.05) is 115 Å². The van der Waals surface area contributed by atoms with Gasteiger partial charge in [0.1, 0.15) is 39.8 Å². The number of carbonyl (C=O) groups is 3. The summed E-state index contributed by atoms with van der Waals surface area (Å²) < 4.78 is 12.2. The normalized spacial score (nSPS) is 17.8. The van der Waals surface area contributed by atoms with Gasteiger partial charge in [-0.1, -0.05) is 115 Å². The van der Waals surface area contributed by atoms with E-state index in [4.69, 9.17) is 15.2 Å². The Balaban J connectivity index is 1.42. The van der Waals surface area contributed by atoms with Gasteiger partial charge in [-0.25, -0.2) is 4.79 Å². The summed E-state index contributed by atoms with van der Waals surface area (Å²) in [6.45, 7) is 5.31. The van der Waals surface area contributed by atoms with Gasteiger partial charge in [0.15, 0.2) is 17.8 Å². The fraction of sp³-hybridized carbons (Fsp3) is 0.205. The van der Waals surface area contributed by atoms with Crippen LogP contribution < -0.4 is 21.6 Å². The molecule has 5 aromatic rings. The van der Waals surface area contributed by atoms with Crippen molar-refractivity contribution in [2.45, 2.75) is 43.6 Å². The Hall–Kier alpha value is -5.01. The van der Waals surface area contributed by atoms with Gasteiger partial charge in [-0.05, 0) is 68.3 Å². The summed E-state index contributed by atoms with van der Waals surface area (Å²) >= 11 is 1.43. The number of ether oxygens (including phenoxy) is 2. The summed E-state index contributed by atoms with van der Waals surface area (Å²) in [6.07, 6.45) is -0.766. The summed E-state index contributed by atoms with van der Waals surface area (Å²) in [7, 11) is -2.78. The van der Waals surface area contributed by atoms with Crippen LogP contribution >= 0.6 is 19.0 Å². The van der Waals surface area contributed by atoms with Gasteiger partial charge in [0.25, 0.3) is 0 Å². The van der Waals surface area contributed by atoms with Crippen LogP contribution in [0.4, 0.5) is 0 Å². The Labute approximate surface area is 315 Å². The van der Waals surface area contributed by atoms with E-state index in [1.165, 1.54) is 16.7 Å². The second-order valence-electron chi connectivity index (χ2n) is 14.1. The van der Waals surface area contributed by atoms with Gasteiger partial charge in [0, 0.05) is 11.3 Å². The van der Waals surface area contributed by atoms with Crippen LogP contribution in [0.1, 0.15) is 38.0 Å². The van der Waals surface area contributed by atoms with Crippen LogP contribution in [0.5, 0.6) is 0 Å². The maximum Gasteiger partial charge on any atom is 0.356 e. The minimum Gasteiger partial charge on any atom is -0.459 e. The highest BCUT2D eigenvalue weighted by Gasteiger charge is 2.61. The molecule has 0 spiro atoms. The number of β-lactam (4-membered cyclic amide) rings is 1. The number of fused-ring (bicyclic) bond motifs is 1. The lowest BCUT2D eigenvalue weighted by molar-refractivity contribution is -0.175. The van der Waals surface area contributed by atoms with Crippen LogP contribution in [0, 0.1) is 5.92 Å². The molecule has 0 bridgehead atoms. The van der Waals surface area contributed by atoms with Gasteiger partial charge in [-0.3, -0.25) is 20.2 Å². The molecule has 9 heteroatoms. The molecular weight excluding hydrogens is 700 g/mol. The van der Waals surface area contributed by atoms with Crippen LogP contribution in [-0.4, -0.2) is 45.3 Å². The maximum atomic E-state index is 15.0. The molecule has 2 heterocycles. The monoisotopic (exact) mass is 741 g/mol. The van der Waals surface area contributed by atoms with E-state index < -0.39 is 53.9 Å². The first-order chi connectivity index (χ1) is 25.6. The zero-order valence-corrected chi connectivity index (χ0v) is 31.6. The zero-order chi connectivity index (χ0) is 37.2. The van der Waals surface area contributed by atoms with E-state index in [1.54, 1.807) is 20.8 Å². The van der Waals surface area contributed by atoms with Gasteiger partial charge in [-0.15, -0.1) is 11.8 Å². The van der Waals surface area contributed by atoms with Crippen LogP contribution in [0.2, 0.25) is 0 Å². The van der Waals surface area contributed by atoms with E-state index in [9.17, 15) is 9.59 Å². The Kier molecular flexibility index (Phi) is 10.4. The number of hydrogen-bond acceptors (Lipinski definition) is 7. The molecule has 53 heavy (non-hydrogen) atoms. The quantitative estimate of drug-likeness (QED) is 0.0735. The lowest BCUT2D eigenvalue weighted by atomic mass is 9.95. The maximum absolute atomic E-state index is 15.0. The predicted octanol–water partition coefficient (Wildman–Crippen LogP) is 6.73. The SMILES string of the molecule is CC(C)(C)OC(=O)C1C(=O)N2C(C(=O)OC(c3ccccc3)c3ccccc3)=C(C(N)[P+](c3ccccc3)(c3ccccc3)c3ccccc3)CSC12. The van der Waals surface area contributed by atoms with Crippen molar-refractivity contribution >= 4 is 52.8 Å². The van der Waals surface area contributed by atoms with Crippen molar-refractivity contribution in [2.24, 2.45) is 11.7 Å². The lowest BCUT2D eigenvalue weighted by Gasteiger charge is -2.50. The van der Waals surface area contributed by atoms with E-state index >= 15 is 4.79 Å². The van der Waals surface area contributed by atoms with Gasteiger partial charge in [0.05, 0.1) is 0 Å². The largest absolute Gasteiger partial charge is 0.459 e. The molecule has 2 aliphatic heterocycles. The molecule has 5 aromatic carbocycles. The third-order valence-electron chi connectivity index (χ3n) is 9.55. The first-order valence-electron chi connectivity index (χ1n) is 17.6. The number of nitrogens with two attached hydrogens (primary N) is 1. The van der Waals surface area contributed by atoms with Crippen LogP contribution in [0.25, 0.3) is 0 Å². The molecule has 0 radical (unpaired) electrons. The fourth-order valence-corrected chi connectivity index (χ4v) is 13.2. The molecule has 1 saturated heterocycles. The molecule has 7 rings (SSSR count). The van der Waals surface area contributed by atoms with E-state index in [2.05, 4.69) is 36.4 Å². The van der Waals surface area contributed by atoms with Crippen molar-refractivity contribution < 1.29 is 23.9 Å². The summed E-state index contributed by atoms with van der Waals surface area (Å²) in [6, 6.07) is 49.6. The number of nitrogens with zero attached hydrogens (tertiary/aromatic N) is 1. The van der Waals surface area contributed by atoms with E-state index in [0.717, 1.165) is 27.0 Å². The number of esters is 2. The average Bonchev–Trinajstić information content (AvgIpc) is 3.17. The van der Waals surface area contributed by atoms with Crippen LogP contribution in [0.3, 0.4) is 0 Å². The number of benzene rings is 5. The highest BCUT2D eigenvalue weighted by Crippen LogP contribution is 2.62.